The van der Waals surface area contributed by atoms with E-state index >= 15 is 0 Å². The molecular formula is C11H15NO3S. The van der Waals surface area contributed by atoms with Crippen molar-refractivity contribution < 1.29 is 15.0 Å². The molecule has 3 N–H and O–H groups in total. The number of nitrogens with one attached hydrogen (secondary N) is 1. The van der Waals surface area contributed by atoms with E-state index < -0.39 is 0 Å². The number of hydrogen-bond acceptors (Lipinski definition) is 4. The molecule has 0 saturated heterocycles. The number of amides is 1. The number of benzene rings is 1. The molecule has 0 fully saturated rings. The Morgan fingerprint density at radius 3 is 2.81 bits per heavy atom. The molecule has 0 aliphatic heterocycles. The van der Waals surface area contributed by atoms with Crippen molar-refractivity contribution >= 4 is 17.7 Å². The van der Waals surface area contributed by atoms with E-state index in [2.05, 4.69) is 5.32 Å². The number of phenols is 2. The summed E-state index contributed by atoms with van der Waals surface area (Å²) in [6.07, 6.45) is 1.96. The Labute approximate surface area is 98.7 Å². The molecule has 0 radical (unpaired) electrons. The van der Waals surface area contributed by atoms with Gasteiger partial charge in [0, 0.05) is 11.8 Å². The Kier molecular flexibility index (Phi) is 4.49. The van der Waals surface area contributed by atoms with Crippen LogP contribution >= 0.6 is 11.8 Å². The summed E-state index contributed by atoms with van der Waals surface area (Å²) in [5.74, 6) is -1.04. The summed E-state index contributed by atoms with van der Waals surface area (Å²) >= 11 is 1.64. The van der Waals surface area contributed by atoms with Crippen LogP contribution in [-0.2, 0) is 0 Å². The molecule has 0 spiro atoms. The molecule has 1 unspecified atom stereocenters. The first kappa shape index (κ1) is 12.7. The highest BCUT2D eigenvalue weighted by Crippen LogP contribution is 2.27. The van der Waals surface area contributed by atoms with Gasteiger partial charge < -0.3 is 15.5 Å². The quantitative estimate of drug-likeness (QED) is 0.700. The summed E-state index contributed by atoms with van der Waals surface area (Å²) in [5, 5.41) is 21.7. The minimum absolute atomic E-state index is 0.0910. The molecular weight excluding hydrogens is 226 g/mol. The molecule has 1 atom stereocenters. The lowest BCUT2D eigenvalue weighted by molar-refractivity contribution is 0.0951. The van der Waals surface area contributed by atoms with Crippen LogP contribution in [0.15, 0.2) is 18.2 Å². The molecule has 5 heteroatoms. The first-order valence-electron chi connectivity index (χ1n) is 4.88. The van der Waals surface area contributed by atoms with Crippen molar-refractivity contribution in [3.05, 3.63) is 23.8 Å². The van der Waals surface area contributed by atoms with Gasteiger partial charge in [-0.3, -0.25) is 4.79 Å². The number of rotatable bonds is 4. The summed E-state index contributed by atoms with van der Waals surface area (Å²) in [4.78, 5) is 11.6. The molecule has 1 rings (SSSR count). The number of thioether (sulfide) groups is 1. The van der Waals surface area contributed by atoms with Crippen LogP contribution in [0, 0.1) is 0 Å². The number of carbonyl (C=O) groups excluding carboxylic acids is 1. The van der Waals surface area contributed by atoms with E-state index in [1.807, 2.05) is 13.2 Å². The van der Waals surface area contributed by atoms with Crippen molar-refractivity contribution in [2.45, 2.75) is 12.2 Å². The van der Waals surface area contributed by atoms with Crippen LogP contribution in [0.1, 0.15) is 17.3 Å². The lowest BCUT2D eigenvalue weighted by Gasteiger charge is -2.10. The summed E-state index contributed by atoms with van der Waals surface area (Å²) in [6.45, 7) is 2.52. The van der Waals surface area contributed by atoms with E-state index in [-0.39, 0.29) is 23.0 Å². The highest BCUT2D eigenvalue weighted by Gasteiger charge is 2.13. The van der Waals surface area contributed by atoms with Gasteiger partial charge in [0.1, 0.15) is 0 Å². The second-order valence-electron chi connectivity index (χ2n) is 3.43. The van der Waals surface area contributed by atoms with E-state index in [9.17, 15) is 15.0 Å². The van der Waals surface area contributed by atoms with Gasteiger partial charge in [0.2, 0.25) is 0 Å². The third-order valence-electron chi connectivity index (χ3n) is 2.21. The molecule has 0 aliphatic carbocycles. The van der Waals surface area contributed by atoms with Crippen molar-refractivity contribution in [1.82, 2.24) is 5.32 Å². The minimum atomic E-state index is -0.380. The van der Waals surface area contributed by atoms with Gasteiger partial charge in [-0.1, -0.05) is 13.0 Å². The Hall–Kier alpha value is -1.36. The topological polar surface area (TPSA) is 69.6 Å². The number of phenolic OH excluding ortho intramolecular Hbond substituents is 2. The number of carbonyl (C=O) groups is 1. The van der Waals surface area contributed by atoms with Crippen LogP contribution in [0.25, 0.3) is 0 Å². The van der Waals surface area contributed by atoms with Gasteiger partial charge in [-0.15, -0.1) is 0 Å². The first-order chi connectivity index (χ1) is 7.56. The number of para-hydroxylation sites is 1. The molecule has 0 aliphatic rings. The summed E-state index contributed by atoms with van der Waals surface area (Å²) in [6, 6.07) is 4.31. The fourth-order valence-corrected chi connectivity index (χ4v) is 1.38. The van der Waals surface area contributed by atoms with E-state index in [1.165, 1.54) is 18.2 Å². The molecule has 0 bridgehead atoms. The lowest BCUT2D eigenvalue weighted by Crippen LogP contribution is -2.29. The van der Waals surface area contributed by atoms with E-state index in [0.29, 0.717) is 11.8 Å². The van der Waals surface area contributed by atoms with Crippen LogP contribution in [0.2, 0.25) is 0 Å². The average Bonchev–Trinajstić information content (AvgIpc) is 2.29. The zero-order valence-electron chi connectivity index (χ0n) is 9.23. The lowest BCUT2D eigenvalue weighted by atomic mass is 10.1. The monoisotopic (exact) mass is 241 g/mol. The van der Waals surface area contributed by atoms with Gasteiger partial charge in [0.25, 0.3) is 5.91 Å². The standard InChI is InChI=1S/C11H15NO3S/c1-7(16-2)6-12-11(15)8-4-3-5-9(13)10(8)14/h3-5,7,13-14H,6H2,1-2H3,(H,12,15). The molecule has 1 aromatic carbocycles. The van der Waals surface area contributed by atoms with Gasteiger partial charge in [0.05, 0.1) is 5.56 Å². The predicted octanol–water partition coefficient (Wildman–Crippen LogP) is 1.58. The molecule has 0 aromatic heterocycles. The largest absolute Gasteiger partial charge is 0.504 e. The molecule has 0 saturated carbocycles. The van der Waals surface area contributed by atoms with E-state index in [1.54, 1.807) is 11.8 Å². The maximum absolute atomic E-state index is 11.6. The van der Waals surface area contributed by atoms with Gasteiger partial charge in [-0.2, -0.15) is 11.8 Å². The second-order valence-corrected chi connectivity index (χ2v) is 4.71. The van der Waals surface area contributed by atoms with Crippen molar-refractivity contribution in [2.24, 2.45) is 0 Å². The third-order valence-corrected chi connectivity index (χ3v) is 3.18. The average molecular weight is 241 g/mol. The fraction of sp³-hybridized carbons (Fsp3) is 0.364. The van der Waals surface area contributed by atoms with Crippen LogP contribution in [0.5, 0.6) is 11.5 Å². The van der Waals surface area contributed by atoms with Gasteiger partial charge in [-0.05, 0) is 18.4 Å². The number of hydrogen-bond donors (Lipinski definition) is 3. The van der Waals surface area contributed by atoms with Crippen molar-refractivity contribution in [2.75, 3.05) is 12.8 Å². The van der Waals surface area contributed by atoms with E-state index in [4.69, 9.17) is 0 Å². The molecule has 0 heterocycles. The summed E-state index contributed by atoms with van der Waals surface area (Å²) < 4.78 is 0. The van der Waals surface area contributed by atoms with Crippen molar-refractivity contribution in [3.8, 4) is 11.5 Å². The molecule has 1 amide bonds. The molecule has 16 heavy (non-hydrogen) atoms. The van der Waals surface area contributed by atoms with Gasteiger partial charge in [0.15, 0.2) is 11.5 Å². The Balaban J connectivity index is 2.70. The van der Waals surface area contributed by atoms with Gasteiger partial charge >= 0.3 is 0 Å². The Morgan fingerprint density at radius 2 is 2.19 bits per heavy atom. The smallest absolute Gasteiger partial charge is 0.255 e. The zero-order valence-corrected chi connectivity index (χ0v) is 10.0. The van der Waals surface area contributed by atoms with E-state index in [0.717, 1.165) is 0 Å². The summed E-state index contributed by atoms with van der Waals surface area (Å²) in [7, 11) is 0. The fourth-order valence-electron chi connectivity index (χ4n) is 1.13. The Morgan fingerprint density at radius 1 is 1.50 bits per heavy atom. The highest BCUT2D eigenvalue weighted by atomic mass is 32.2. The van der Waals surface area contributed by atoms with Crippen molar-refractivity contribution in [3.63, 3.8) is 0 Å². The summed E-state index contributed by atoms with van der Waals surface area (Å²) in [5.41, 5.74) is 0.0910. The van der Waals surface area contributed by atoms with Gasteiger partial charge in [-0.25, -0.2) is 0 Å². The first-order valence-corrected chi connectivity index (χ1v) is 6.17. The second kappa shape index (κ2) is 5.65. The van der Waals surface area contributed by atoms with Crippen LogP contribution in [0.4, 0.5) is 0 Å². The third kappa shape index (κ3) is 3.06. The highest BCUT2D eigenvalue weighted by molar-refractivity contribution is 7.99. The zero-order chi connectivity index (χ0) is 12.1. The SMILES string of the molecule is CSC(C)CNC(=O)c1cccc(O)c1O. The molecule has 88 valence electrons. The molecule has 4 nitrogen and oxygen atoms in total. The minimum Gasteiger partial charge on any atom is -0.504 e. The Bertz CT molecular complexity index is 381. The maximum Gasteiger partial charge on any atom is 0.255 e. The van der Waals surface area contributed by atoms with Crippen LogP contribution in [-0.4, -0.2) is 34.2 Å². The van der Waals surface area contributed by atoms with Crippen LogP contribution in [0.3, 0.4) is 0 Å². The normalized spacial score (nSPS) is 12.1. The maximum atomic E-state index is 11.6. The number of aromatic hydroxyl groups is 2. The predicted molar refractivity (Wildman–Crippen MR) is 65.1 cm³/mol. The van der Waals surface area contributed by atoms with Crippen molar-refractivity contribution in [1.29, 1.82) is 0 Å². The molecule has 1 aromatic rings. The van der Waals surface area contributed by atoms with Crippen LogP contribution < -0.4 is 5.32 Å².